The van der Waals surface area contributed by atoms with Crippen molar-refractivity contribution in [2.24, 2.45) is 5.92 Å². The van der Waals surface area contributed by atoms with E-state index in [4.69, 9.17) is 0 Å². The van der Waals surface area contributed by atoms with E-state index in [-0.39, 0.29) is 11.9 Å². The van der Waals surface area contributed by atoms with E-state index >= 15 is 0 Å². The van der Waals surface area contributed by atoms with E-state index in [1.54, 1.807) is 12.1 Å². The van der Waals surface area contributed by atoms with Gasteiger partial charge in [-0.1, -0.05) is 12.1 Å². The van der Waals surface area contributed by atoms with Crippen LogP contribution in [0.25, 0.3) is 0 Å². The molecule has 0 aliphatic carbocycles. The zero-order valence-corrected chi connectivity index (χ0v) is 10.0. The van der Waals surface area contributed by atoms with Crippen molar-refractivity contribution in [2.45, 2.75) is 31.8 Å². The van der Waals surface area contributed by atoms with Crippen LogP contribution in [0.3, 0.4) is 0 Å². The summed E-state index contributed by atoms with van der Waals surface area (Å²) in [5.41, 5.74) is 1.09. The zero-order valence-electron chi connectivity index (χ0n) is 10.0. The summed E-state index contributed by atoms with van der Waals surface area (Å²) >= 11 is 0. The molecule has 0 aromatic heterocycles. The Bertz CT molecular complexity index is 333. The van der Waals surface area contributed by atoms with Gasteiger partial charge in [-0.2, -0.15) is 0 Å². The maximum Gasteiger partial charge on any atom is 0.123 e. The van der Waals surface area contributed by atoms with Crippen molar-refractivity contribution in [2.75, 3.05) is 13.1 Å². The van der Waals surface area contributed by atoms with Gasteiger partial charge in [-0.15, -0.1) is 0 Å². The number of hydrogen-bond acceptors (Lipinski definition) is 2. The van der Waals surface area contributed by atoms with Crippen LogP contribution in [0.4, 0.5) is 4.39 Å². The number of piperidine rings is 1. The van der Waals surface area contributed by atoms with Crippen LogP contribution in [-0.4, -0.2) is 24.3 Å². The minimum absolute atomic E-state index is 0.203. The Hall–Kier alpha value is -0.930. The third-order valence-electron chi connectivity index (χ3n) is 3.52. The van der Waals surface area contributed by atoms with E-state index in [2.05, 4.69) is 5.32 Å². The number of halogens is 1. The van der Waals surface area contributed by atoms with Gasteiger partial charge in [0.15, 0.2) is 0 Å². The Morgan fingerprint density at radius 2 is 2.12 bits per heavy atom. The summed E-state index contributed by atoms with van der Waals surface area (Å²) in [4.78, 5) is 0. The molecule has 1 saturated heterocycles. The van der Waals surface area contributed by atoms with Crippen LogP contribution in [0.2, 0.25) is 0 Å². The Morgan fingerprint density at radius 3 is 2.76 bits per heavy atom. The van der Waals surface area contributed by atoms with Gasteiger partial charge in [0.05, 0.1) is 6.10 Å². The number of hydrogen-bond donors (Lipinski definition) is 2. The summed E-state index contributed by atoms with van der Waals surface area (Å²) in [7, 11) is 0. The second-order valence-electron chi connectivity index (χ2n) is 4.84. The molecule has 0 bridgehead atoms. The second kappa shape index (κ2) is 6.12. The average Bonchev–Trinajstić information content (AvgIpc) is 2.39. The van der Waals surface area contributed by atoms with Crippen molar-refractivity contribution < 1.29 is 9.50 Å². The molecule has 2 nitrogen and oxygen atoms in total. The summed E-state index contributed by atoms with van der Waals surface area (Å²) in [6.45, 7) is 1.99. The number of nitrogens with one attached hydrogen (secondary N) is 1. The first-order valence-electron chi connectivity index (χ1n) is 6.39. The molecule has 0 saturated carbocycles. The van der Waals surface area contributed by atoms with Gasteiger partial charge < -0.3 is 10.4 Å². The molecule has 2 unspecified atom stereocenters. The normalized spacial score (nSPS) is 22.4. The van der Waals surface area contributed by atoms with Gasteiger partial charge in [0.2, 0.25) is 0 Å². The average molecular weight is 237 g/mol. The summed E-state index contributed by atoms with van der Waals surface area (Å²) < 4.78 is 12.7. The van der Waals surface area contributed by atoms with Crippen molar-refractivity contribution in [3.05, 3.63) is 35.6 Å². The van der Waals surface area contributed by atoms with Crippen LogP contribution >= 0.6 is 0 Å². The molecular formula is C14H20FNO. The van der Waals surface area contributed by atoms with Crippen LogP contribution in [0.5, 0.6) is 0 Å². The predicted molar refractivity (Wildman–Crippen MR) is 66.3 cm³/mol. The van der Waals surface area contributed by atoms with E-state index in [0.29, 0.717) is 5.92 Å². The Balaban J connectivity index is 1.78. The Morgan fingerprint density at radius 1 is 1.35 bits per heavy atom. The molecule has 94 valence electrons. The Kier molecular flexibility index (Phi) is 4.51. The SMILES string of the molecule is OC(CCc1ccc(F)cc1)C1CCCNC1. The lowest BCUT2D eigenvalue weighted by Gasteiger charge is -2.27. The molecule has 0 spiro atoms. The molecule has 1 aromatic carbocycles. The third kappa shape index (κ3) is 3.79. The summed E-state index contributed by atoms with van der Waals surface area (Å²) in [5, 5.41) is 13.4. The van der Waals surface area contributed by atoms with Crippen LogP contribution in [-0.2, 0) is 6.42 Å². The van der Waals surface area contributed by atoms with E-state index in [1.807, 2.05) is 0 Å². The summed E-state index contributed by atoms with van der Waals surface area (Å²) in [6.07, 6.45) is 3.60. The molecule has 1 fully saturated rings. The lowest BCUT2D eigenvalue weighted by atomic mass is 9.90. The number of rotatable bonds is 4. The van der Waals surface area contributed by atoms with E-state index < -0.39 is 0 Å². The smallest absolute Gasteiger partial charge is 0.123 e. The lowest BCUT2D eigenvalue weighted by Crippen LogP contribution is -2.36. The molecule has 1 aliphatic rings. The first kappa shape index (κ1) is 12.5. The number of aliphatic hydroxyl groups excluding tert-OH is 1. The molecular weight excluding hydrogens is 217 g/mol. The van der Waals surface area contributed by atoms with Crippen LogP contribution in [0, 0.1) is 11.7 Å². The minimum Gasteiger partial charge on any atom is -0.393 e. The highest BCUT2D eigenvalue weighted by Crippen LogP contribution is 2.18. The predicted octanol–water partition coefficient (Wildman–Crippen LogP) is 2.12. The largest absolute Gasteiger partial charge is 0.393 e. The molecule has 1 aliphatic heterocycles. The van der Waals surface area contributed by atoms with Gasteiger partial charge in [-0.3, -0.25) is 0 Å². The highest BCUT2D eigenvalue weighted by atomic mass is 19.1. The molecule has 2 atom stereocenters. The molecule has 2 N–H and O–H groups in total. The summed E-state index contributed by atoms with van der Waals surface area (Å²) in [6, 6.07) is 6.54. The lowest BCUT2D eigenvalue weighted by molar-refractivity contribution is 0.0844. The molecule has 17 heavy (non-hydrogen) atoms. The third-order valence-corrected chi connectivity index (χ3v) is 3.52. The van der Waals surface area contributed by atoms with E-state index in [1.165, 1.54) is 12.1 Å². The van der Waals surface area contributed by atoms with Gasteiger partial charge >= 0.3 is 0 Å². The van der Waals surface area contributed by atoms with Crippen molar-refractivity contribution in [1.82, 2.24) is 5.32 Å². The fourth-order valence-corrected chi connectivity index (χ4v) is 2.41. The van der Waals surface area contributed by atoms with E-state index in [9.17, 15) is 9.50 Å². The van der Waals surface area contributed by atoms with Crippen molar-refractivity contribution in [1.29, 1.82) is 0 Å². The zero-order chi connectivity index (χ0) is 12.1. The molecule has 0 radical (unpaired) electrons. The van der Waals surface area contributed by atoms with Crippen molar-refractivity contribution >= 4 is 0 Å². The number of benzene rings is 1. The maximum atomic E-state index is 12.7. The highest BCUT2D eigenvalue weighted by Gasteiger charge is 2.20. The van der Waals surface area contributed by atoms with Gasteiger partial charge in [0, 0.05) is 6.54 Å². The maximum absolute atomic E-state index is 12.7. The first-order chi connectivity index (χ1) is 8.25. The Labute approximate surface area is 102 Å². The van der Waals surface area contributed by atoms with Crippen LogP contribution in [0.15, 0.2) is 24.3 Å². The fourth-order valence-electron chi connectivity index (χ4n) is 2.41. The van der Waals surface area contributed by atoms with Gasteiger partial charge in [-0.05, 0) is 55.8 Å². The second-order valence-corrected chi connectivity index (χ2v) is 4.84. The monoisotopic (exact) mass is 237 g/mol. The quantitative estimate of drug-likeness (QED) is 0.840. The van der Waals surface area contributed by atoms with Crippen LogP contribution < -0.4 is 5.32 Å². The molecule has 1 aromatic rings. The standard InChI is InChI=1S/C14H20FNO/c15-13-6-3-11(4-7-13)5-8-14(17)12-2-1-9-16-10-12/h3-4,6-7,12,14,16-17H,1-2,5,8-10H2. The molecule has 2 rings (SSSR count). The number of aliphatic hydroxyl groups is 1. The highest BCUT2D eigenvalue weighted by molar-refractivity contribution is 5.16. The number of aryl methyl sites for hydroxylation is 1. The van der Waals surface area contributed by atoms with Gasteiger partial charge in [-0.25, -0.2) is 4.39 Å². The van der Waals surface area contributed by atoms with Gasteiger partial charge in [0.25, 0.3) is 0 Å². The summed E-state index contributed by atoms with van der Waals surface area (Å²) in [5.74, 6) is 0.176. The molecule has 3 heteroatoms. The van der Waals surface area contributed by atoms with Crippen molar-refractivity contribution in [3.63, 3.8) is 0 Å². The molecule has 1 heterocycles. The van der Waals surface area contributed by atoms with Crippen molar-refractivity contribution in [3.8, 4) is 0 Å². The van der Waals surface area contributed by atoms with Crippen LogP contribution in [0.1, 0.15) is 24.8 Å². The molecule has 0 amide bonds. The van der Waals surface area contributed by atoms with Gasteiger partial charge in [0.1, 0.15) is 5.82 Å². The minimum atomic E-state index is -0.243. The van der Waals surface area contributed by atoms with E-state index in [0.717, 1.165) is 44.3 Å². The fraction of sp³-hybridized carbons (Fsp3) is 0.571. The topological polar surface area (TPSA) is 32.3 Å². The first-order valence-corrected chi connectivity index (χ1v) is 6.39.